The van der Waals surface area contributed by atoms with Crippen LogP contribution in [0.1, 0.15) is 171 Å². The number of hydrogen-bond acceptors (Lipinski definition) is 3. The van der Waals surface area contributed by atoms with E-state index >= 15 is 0 Å². The minimum absolute atomic E-state index is 0.0568. The van der Waals surface area contributed by atoms with E-state index in [9.17, 15) is 0 Å². The summed E-state index contributed by atoms with van der Waals surface area (Å²) in [6.45, 7) is 26.9. The van der Waals surface area contributed by atoms with Crippen LogP contribution in [0, 0.1) is 0 Å². The summed E-state index contributed by atoms with van der Waals surface area (Å²) in [5.74, 6) is 0. The van der Waals surface area contributed by atoms with Crippen LogP contribution in [0.2, 0.25) is 12.1 Å². The van der Waals surface area contributed by atoms with Crippen LogP contribution in [0.25, 0.3) is 0 Å². The van der Waals surface area contributed by atoms with Crippen molar-refractivity contribution in [3.63, 3.8) is 0 Å². The van der Waals surface area contributed by atoms with Gasteiger partial charge in [0.1, 0.15) is 0 Å². The number of allylic oxidation sites excluding steroid dienone is 1. The summed E-state index contributed by atoms with van der Waals surface area (Å²) >= 11 is 0. The second kappa shape index (κ2) is 28.8. The Balaban J connectivity index is 6.12. The molecule has 0 fully saturated rings. The van der Waals surface area contributed by atoms with E-state index in [4.69, 9.17) is 0 Å². The molecule has 0 aliphatic heterocycles. The number of rotatable bonds is 31. The fourth-order valence-corrected chi connectivity index (χ4v) is 13.8. The van der Waals surface area contributed by atoms with Crippen molar-refractivity contribution < 1.29 is 0 Å². The lowest BCUT2D eigenvalue weighted by Gasteiger charge is -2.55. The average molecular weight is 610 g/mol. The fourth-order valence-electron chi connectivity index (χ4n) is 6.36. The van der Waals surface area contributed by atoms with Gasteiger partial charge in [-0.05, 0) is 97.7 Å². The molecule has 0 aromatic heterocycles. The second-order valence-corrected chi connectivity index (χ2v) is 18.8. The molecule has 0 radical (unpaired) electrons. The van der Waals surface area contributed by atoms with Gasteiger partial charge in [-0.2, -0.15) is 0 Å². The Labute approximate surface area is 264 Å². The maximum atomic E-state index is 3.17. The standard InChI is InChI=1S/C36H79N3Si2/c1-9-15-27-37(28-16-10-2)41(38(29-17-11-3)30-18-12-4,39(31-19-13-5)32-20-14-6)34-26-24-22-21-23-25-33-40-35-36(7)8/h35H,9-34,40H2,1-8H3. The first-order chi connectivity index (χ1) is 20.0. The van der Waals surface area contributed by atoms with Crippen molar-refractivity contribution in [2.45, 2.75) is 183 Å². The maximum absolute atomic E-state index is 3.17. The zero-order chi connectivity index (χ0) is 30.6. The molecule has 0 aliphatic rings. The van der Waals surface area contributed by atoms with Crippen LogP contribution in [0.3, 0.4) is 0 Å². The highest BCUT2D eigenvalue weighted by Crippen LogP contribution is 2.31. The summed E-state index contributed by atoms with van der Waals surface area (Å²) in [5, 5.41) is 0. The topological polar surface area (TPSA) is 9.72 Å². The number of hydrogen-bond donors (Lipinski definition) is 0. The third-order valence-electron chi connectivity index (χ3n) is 8.98. The minimum atomic E-state index is -2.01. The largest absolute Gasteiger partial charge is 0.299 e. The van der Waals surface area contributed by atoms with E-state index in [0.29, 0.717) is 0 Å². The molecule has 0 aromatic rings. The van der Waals surface area contributed by atoms with Gasteiger partial charge in [-0.1, -0.05) is 130 Å². The lowest BCUT2D eigenvalue weighted by atomic mass is 10.1. The molecule has 0 N–H and O–H groups in total. The molecule has 0 atom stereocenters. The Morgan fingerprint density at radius 3 is 1.10 bits per heavy atom. The van der Waals surface area contributed by atoms with Gasteiger partial charge >= 0.3 is 0 Å². The zero-order valence-corrected chi connectivity index (χ0v) is 32.4. The predicted octanol–water partition coefficient (Wildman–Crippen LogP) is 10.5. The van der Waals surface area contributed by atoms with Crippen LogP contribution in [0.15, 0.2) is 11.3 Å². The van der Waals surface area contributed by atoms with Gasteiger partial charge in [0.25, 0.3) is 8.56 Å². The molecule has 0 amide bonds. The molecular formula is C36H79N3Si2. The van der Waals surface area contributed by atoms with E-state index in [2.05, 4.69) is 74.8 Å². The van der Waals surface area contributed by atoms with Gasteiger partial charge in [0.15, 0.2) is 0 Å². The summed E-state index contributed by atoms with van der Waals surface area (Å²) in [7, 11) is -1.95. The predicted molar refractivity (Wildman–Crippen MR) is 195 cm³/mol. The van der Waals surface area contributed by atoms with E-state index in [-0.39, 0.29) is 9.52 Å². The number of unbranched alkanes of at least 4 members (excludes halogenated alkanes) is 11. The SMILES string of the molecule is CCCCN(CCCC)[Si](CCCCCCCC[SiH2]C=C(C)C)(N(CCCC)CCCC)N(CCCC)CCCC. The Morgan fingerprint density at radius 1 is 0.463 bits per heavy atom. The van der Waals surface area contributed by atoms with Gasteiger partial charge in [-0.15, -0.1) is 5.70 Å². The smallest absolute Gasteiger partial charge is 0.289 e. The van der Waals surface area contributed by atoms with Gasteiger partial charge in [-0.3, -0.25) is 13.7 Å². The highest BCUT2D eigenvalue weighted by Gasteiger charge is 2.49. The summed E-state index contributed by atoms with van der Waals surface area (Å²) < 4.78 is 9.51. The van der Waals surface area contributed by atoms with E-state index in [1.165, 1.54) is 173 Å². The third kappa shape index (κ3) is 18.5. The van der Waals surface area contributed by atoms with Crippen molar-refractivity contribution in [1.82, 2.24) is 13.7 Å². The van der Waals surface area contributed by atoms with Crippen LogP contribution in [0.5, 0.6) is 0 Å². The molecule has 0 saturated heterocycles. The van der Waals surface area contributed by atoms with Crippen molar-refractivity contribution in [2.24, 2.45) is 0 Å². The van der Waals surface area contributed by atoms with Crippen LogP contribution >= 0.6 is 0 Å². The molecule has 0 spiro atoms. The van der Waals surface area contributed by atoms with E-state index in [0.717, 1.165) is 0 Å². The third-order valence-corrected chi connectivity index (χ3v) is 16.4. The van der Waals surface area contributed by atoms with Gasteiger partial charge in [0.05, 0.1) is 0 Å². The molecule has 0 saturated carbocycles. The quantitative estimate of drug-likeness (QED) is 0.0572. The lowest BCUT2D eigenvalue weighted by Crippen LogP contribution is -2.76. The molecule has 0 bridgehead atoms. The molecule has 5 heteroatoms. The first-order valence-corrected chi connectivity index (χ1v) is 22.7. The molecule has 0 rings (SSSR count). The normalized spacial score (nSPS) is 12.6. The molecular weight excluding hydrogens is 531 g/mol. The molecule has 3 nitrogen and oxygen atoms in total. The average Bonchev–Trinajstić information content (AvgIpc) is 2.97. The monoisotopic (exact) mass is 610 g/mol. The molecule has 41 heavy (non-hydrogen) atoms. The van der Waals surface area contributed by atoms with E-state index < -0.39 is 8.56 Å². The van der Waals surface area contributed by atoms with Gasteiger partial charge < -0.3 is 0 Å². The van der Waals surface area contributed by atoms with E-state index in [1.54, 1.807) is 0 Å². The molecule has 0 heterocycles. The van der Waals surface area contributed by atoms with Crippen LogP contribution in [-0.2, 0) is 0 Å². The van der Waals surface area contributed by atoms with E-state index in [1.807, 2.05) is 0 Å². The van der Waals surface area contributed by atoms with Crippen molar-refractivity contribution in [2.75, 3.05) is 39.3 Å². The molecule has 0 aliphatic carbocycles. The van der Waals surface area contributed by atoms with Crippen LogP contribution in [-0.4, -0.2) is 71.0 Å². The Morgan fingerprint density at radius 2 is 0.780 bits per heavy atom. The second-order valence-electron chi connectivity index (χ2n) is 13.2. The Hall–Kier alpha value is 0.0538. The Kier molecular flexibility index (Phi) is 28.8. The summed E-state index contributed by atoms with van der Waals surface area (Å²) in [4.78, 5) is 0. The first-order valence-electron chi connectivity index (χ1n) is 18.9. The fraction of sp³-hybridized carbons (Fsp3) is 0.944. The number of nitrogens with zero attached hydrogens (tertiary/aromatic N) is 3. The van der Waals surface area contributed by atoms with Crippen molar-refractivity contribution in [3.8, 4) is 0 Å². The Bertz CT molecular complexity index is 505. The van der Waals surface area contributed by atoms with Crippen LogP contribution in [0.4, 0.5) is 0 Å². The maximum Gasteiger partial charge on any atom is 0.289 e. The van der Waals surface area contributed by atoms with Crippen LogP contribution < -0.4 is 0 Å². The van der Waals surface area contributed by atoms with Gasteiger partial charge in [-0.25, -0.2) is 0 Å². The van der Waals surface area contributed by atoms with Crippen molar-refractivity contribution in [1.29, 1.82) is 0 Å². The highest BCUT2D eigenvalue weighted by atomic mass is 28.4. The van der Waals surface area contributed by atoms with Gasteiger partial charge in [0, 0.05) is 9.52 Å². The lowest BCUT2D eigenvalue weighted by molar-refractivity contribution is 0.220. The minimum Gasteiger partial charge on any atom is -0.299 e. The molecule has 0 aromatic carbocycles. The molecule has 0 unspecified atom stereocenters. The first kappa shape index (κ1) is 41.1. The summed E-state index contributed by atoms with van der Waals surface area (Å²) in [5.41, 5.74) is 4.09. The van der Waals surface area contributed by atoms with Gasteiger partial charge in [0.2, 0.25) is 0 Å². The highest BCUT2D eigenvalue weighted by molar-refractivity contribution is 6.71. The zero-order valence-electron chi connectivity index (χ0n) is 30.0. The van der Waals surface area contributed by atoms with Crippen molar-refractivity contribution in [3.05, 3.63) is 11.3 Å². The summed E-state index contributed by atoms with van der Waals surface area (Å²) in [6, 6.07) is 2.98. The summed E-state index contributed by atoms with van der Waals surface area (Å²) in [6.07, 6.45) is 24.8. The molecule has 246 valence electrons. The van der Waals surface area contributed by atoms with Crippen molar-refractivity contribution >= 4 is 18.1 Å².